The maximum Gasteiger partial charge on any atom is 0.293 e. The summed E-state index contributed by atoms with van der Waals surface area (Å²) in [6, 6.07) is 15.0. The van der Waals surface area contributed by atoms with E-state index in [4.69, 9.17) is 9.15 Å². The fourth-order valence-electron chi connectivity index (χ4n) is 4.10. The SMILES string of the molecule is COc1ccccc1NC(=O)c1nc(N2CCCCCC2)c2oc3ccccc3c2n1. The van der Waals surface area contributed by atoms with Crippen LogP contribution in [0, 0.1) is 0 Å². The number of amides is 1. The van der Waals surface area contributed by atoms with Crippen molar-refractivity contribution >= 4 is 39.5 Å². The van der Waals surface area contributed by atoms with Crippen LogP contribution in [0.25, 0.3) is 22.1 Å². The summed E-state index contributed by atoms with van der Waals surface area (Å²) in [5, 5.41) is 3.76. The minimum atomic E-state index is -0.382. The molecule has 2 aromatic carbocycles. The number of ether oxygens (including phenoxy) is 1. The highest BCUT2D eigenvalue weighted by atomic mass is 16.5. The number of furan rings is 1. The Morgan fingerprint density at radius 3 is 2.55 bits per heavy atom. The van der Waals surface area contributed by atoms with E-state index in [9.17, 15) is 4.79 Å². The molecule has 0 atom stereocenters. The van der Waals surface area contributed by atoms with Gasteiger partial charge in [0, 0.05) is 18.5 Å². The molecule has 0 bridgehead atoms. The van der Waals surface area contributed by atoms with Gasteiger partial charge < -0.3 is 19.4 Å². The molecule has 0 unspecified atom stereocenters. The fourth-order valence-corrected chi connectivity index (χ4v) is 4.10. The molecule has 1 fully saturated rings. The summed E-state index contributed by atoms with van der Waals surface area (Å²) in [6.45, 7) is 1.77. The standard InChI is InChI=1S/C24H24N4O3/c1-30-19-13-7-5-11-17(19)25-24(29)22-26-20-16-10-4-6-12-18(16)31-21(20)23(27-22)28-14-8-2-3-9-15-28/h4-7,10-13H,2-3,8-9,14-15H2,1H3,(H,25,29). The highest BCUT2D eigenvalue weighted by Gasteiger charge is 2.23. The van der Waals surface area contributed by atoms with Crippen molar-refractivity contribution in [2.75, 3.05) is 30.4 Å². The van der Waals surface area contributed by atoms with Gasteiger partial charge >= 0.3 is 0 Å². The second-order valence-corrected chi connectivity index (χ2v) is 7.70. The molecule has 31 heavy (non-hydrogen) atoms. The molecule has 0 saturated carbocycles. The van der Waals surface area contributed by atoms with Gasteiger partial charge in [-0.2, -0.15) is 0 Å². The molecular weight excluding hydrogens is 392 g/mol. The van der Waals surface area contributed by atoms with Crippen LogP contribution in [0.15, 0.2) is 52.9 Å². The van der Waals surface area contributed by atoms with E-state index in [0.29, 0.717) is 28.4 Å². The molecule has 1 N–H and O–H groups in total. The van der Waals surface area contributed by atoms with Crippen LogP contribution in [0.5, 0.6) is 5.75 Å². The van der Waals surface area contributed by atoms with Crippen LogP contribution in [-0.4, -0.2) is 36.1 Å². The van der Waals surface area contributed by atoms with Crippen LogP contribution >= 0.6 is 0 Å². The molecule has 5 rings (SSSR count). The molecule has 1 aliphatic rings. The first-order valence-electron chi connectivity index (χ1n) is 10.6. The van der Waals surface area contributed by atoms with Gasteiger partial charge in [-0.15, -0.1) is 0 Å². The molecule has 0 radical (unpaired) electrons. The van der Waals surface area contributed by atoms with Gasteiger partial charge in [-0.05, 0) is 37.1 Å². The van der Waals surface area contributed by atoms with Gasteiger partial charge in [0.05, 0.1) is 12.8 Å². The topological polar surface area (TPSA) is 80.5 Å². The maximum atomic E-state index is 13.1. The first-order chi connectivity index (χ1) is 15.2. The molecule has 1 aliphatic heterocycles. The quantitative estimate of drug-likeness (QED) is 0.503. The molecule has 1 amide bonds. The average molecular weight is 416 g/mol. The van der Waals surface area contributed by atoms with Crippen LogP contribution in [0.2, 0.25) is 0 Å². The number of aromatic nitrogens is 2. The van der Waals surface area contributed by atoms with Crippen molar-refractivity contribution in [3.63, 3.8) is 0 Å². The third-order valence-corrected chi connectivity index (χ3v) is 5.67. The number of carbonyl (C=O) groups is 1. The summed E-state index contributed by atoms with van der Waals surface area (Å²) < 4.78 is 11.5. The lowest BCUT2D eigenvalue weighted by molar-refractivity contribution is 0.101. The maximum absolute atomic E-state index is 13.1. The molecular formula is C24H24N4O3. The lowest BCUT2D eigenvalue weighted by atomic mass is 10.2. The Hall–Kier alpha value is -3.61. The van der Waals surface area contributed by atoms with E-state index in [1.54, 1.807) is 19.2 Å². The third-order valence-electron chi connectivity index (χ3n) is 5.67. The fraction of sp³-hybridized carbons (Fsp3) is 0.292. The predicted octanol–water partition coefficient (Wildman–Crippen LogP) is 5.02. The molecule has 158 valence electrons. The number of fused-ring (bicyclic) bond motifs is 3. The predicted molar refractivity (Wildman–Crippen MR) is 121 cm³/mol. The van der Waals surface area contributed by atoms with E-state index in [-0.39, 0.29) is 11.7 Å². The van der Waals surface area contributed by atoms with Crippen molar-refractivity contribution in [3.05, 3.63) is 54.4 Å². The Bertz CT molecular complexity index is 1240. The number of para-hydroxylation sites is 3. The zero-order valence-electron chi connectivity index (χ0n) is 17.4. The van der Waals surface area contributed by atoms with Gasteiger partial charge in [0.25, 0.3) is 5.91 Å². The van der Waals surface area contributed by atoms with Crippen molar-refractivity contribution in [2.24, 2.45) is 0 Å². The Balaban J connectivity index is 1.62. The van der Waals surface area contributed by atoms with E-state index in [2.05, 4.69) is 20.2 Å². The first kappa shape index (κ1) is 19.4. The Kier molecular flexibility index (Phi) is 5.16. The highest BCUT2D eigenvalue weighted by molar-refractivity contribution is 6.09. The molecule has 0 aliphatic carbocycles. The first-order valence-corrected chi connectivity index (χ1v) is 10.6. The van der Waals surface area contributed by atoms with Gasteiger partial charge in [0.1, 0.15) is 16.8 Å². The number of benzene rings is 2. The molecule has 2 aromatic heterocycles. The van der Waals surface area contributed by atoms with Gasteiger partial charge in [-0.3, -0.25) is 4.79 Å². The van der Waals surface area contributed by atoms with Crippen molar-refractivity contribution < 1.29 is 13.9 Å². The van der Waals surface area contributed by atoms with Crippen LogP contribution in [0.3, 0.4) is 0 Å². The van der Waals surface area contributed by atoms with Crippen LogP contribution in [0.1, 0.15) is 36.3 Å². The summed E-state index contributed by atoms with van der Waals surface area (Å²) in [5.41, 5.74) is 2.61. The number of nitrogens with one attached hydrogen (secondary N) is 1. The summed E-state index contributed by atoms with van der Waals surface area (Å²) >= 11 is 0. The second kappa shape index (κ2) is 8.26. The Labute approximate surface area is 180 Å². The van der Waals surface area contributed by atoms with Gasteiger partial charge in [-0.25, -0.2) is 9.97 Å². The van der Waals surface area contributed by atoms with Crippen LogP contribution in [0.4, 0.5) is 11.5 Å². The number of rotatable bonds is 4. The smallest absolute Gasteiger partial charge is 0.293 e. The number of hydrogen-bond acceptors (Lipinski definition) is 6. The molecule has 7 nitrogen and oxygen atoms in total. The summed E-state index contributed by atoms with van der Waals surface area (Å²) in [4.78, 5) is 24.7. The normalized spacial score (nSPS) is 14.5. The minimum Gasteiger partial charge on any atom is -0.495 e. The summed E-state index contributed by atoms with van der Waals surface area (Å²) in [7, 11) is 1.57. The van der Waals surface area contributed by atoms with E-state index < -0.39 is 0 Å². The summed E-state index contributed by atoms with van der Waals surface area (Å²) in [5.74, 6) is 1.00. The van der Waals surface area contributed by atoms with E-state index in [1.165, 1.54) is 12.8 Å². The van der Waals surface area contributed by atoms with Gasteiger partial charge in [0.15, 0.2) is 11.4 Å². The Morgan fingerprint density at radius 2 is 1.74 bits per heavy atom. The van der Waals surface area contributed by atoms with E-state index in [0.717, 1.165) is 36.9 Å². The molecule has 3 heterocycles. The molecule has 7 heteroatoms. The zero-order chi connectivity index (χ0) is 21.2. The number of methoxy groups -OCH3 is 1. The van der Waals surface area contributed by atoms with Crippen molar-refractivity contribution in [2.45, 2.75) is 25.7 Å². The molecule has 1 saturated heterocycles. The Morgan fingerprint density at radius 1 is 1.00 bits per heavy atom. The number of carbonyl (C=O) groups excluding carboxylic acids is 1. The molecule has 0 spiro atoms. The average Bonchev–Trinajstić information content (AvgIpc) is 2.97. The van der Waals surface area contributed by atoms with Crippen molar-refractivity contribution in [1.29, 1.82) is 0 Å². The number of nitrogens with zero attached hydrogens (tertiary/aromatic N) is 3. The zero-order valence-corrected chi connectivity index (χ0v) is 17.4. The lowest BCUT2D eigenvalue weighted by Gasteiger charge is -2.21. The van der Waals surface area contributed by atoms with Gasteiger partial charge in [0.2, 0.25) is 5.82 Å². The van der Waals surface area contributed by atoms with Gasteiger partial charge in [-0.1, -0.05) is 37.1 Å². The van der Waals surface area contributed by atoms with Crippen molar-refractivity contribution in [1.82, 2.24) is 9.97 Å². The number of anilines is 2. The monoisotopic (exact) mass is 416 g/mol. The highest BCUT2D eigenvalue weighted by Crippen LogP contribution is 2.34. The van der Waals surface area contributed by atoms with Crippen LogP contribution < -0.4 is 15.0 Å². The van der Waals surface area contributed by atoms with Crippen LogP contribution in [-0.2, 0) is 0 Å². The largest absolute Gasteiger partial charge is 0.495 e. The molecule has 4 aromatic rings. The number of hydrogen-bond donors (Lipinski definition) is 1. The second-order valence-electron chi connectivity index (χ2n) is 7.70. The van der Waals surface area contributed by atoms with E-state index >= 15 is 0 Å². The lowest BCUT2D eigenvalue weighted by Crippen LogP contribution is -2.26. The minimum absolute atomic E-state index is 0.115. The van der Waals surface area contributed by atoms with Crippen molar-refractivity contribution in [3.8, 4) is 5.75 Å². The third kappa shape index (κ3) is 3.67. The van der Waals surface area contributed by atoms with E-state index in [1.807, 2.05) is 36.4 Å². The summed E-state index contributed by atoms with van der Waals surface area (Å²) in [6.07, 6.45) is 4.58.